The molecular weight excluding hydrogens is 394 g/mol. The SMILES string of the molecule is CCN(CC)C(=O)c1oc2nc(N3CCOCC3)c3c(c2c1N=CN(C)C)CCCC3. The third-order valence-electron chi connectivity index (χ3n) is 6.08. The van der Waals surface area contributed by atoms with Crippen molar-refractivity contribution in [1.29, 1.82) is 0 Å². The van der Waals surface area contributed by atoms with E-state index in [-0.39, 0.29) is 11.7 Å². The molecule has 8 heteroatoms. The molecule has 1 saturated heterocycles. The molecule has 2 aliphatic rings. The van der Waals surface area contributed by atoms with Gasteiger partial charge in [0.25, 0.3) is 5.91 Å². The second-order valence-corrected chi connectivity index (χ2v) is 8.34. The van der Waals surface area contributed by atoms with Crippen molar-refractivity contribution in [2.45, 2.75) is 39.5 Å². The van der Waals surface area contributed by atoms with Crippen LogP contribution in [-0.4, -0.2) is 80.5 Å². The largest absolute Gasteiger partial charge is 0.430 e. The summed E-state index contributed by atoms with van der Waals surface area (Å²) < 4.78 is 11.7. The summed E-state index contributed by atoms with van der Waals surface area (Å²) in [5.74, 6) is 1.15. The van der Waals surface area contributed by atoms with Crippen molar-refractivity contribution in [2.75, 3.05) is 58.4 Å². The van der Waals surface area contributed by atoms with Gasteiger partial charge in [0.15, 0.2) is 0 Å². The Bertz CT molecular complexity index is 971. The zero-order valence-corrected chi connectivity index (χ0v) is 19.1. The number of aryl methyl sites for hydroxylation is 1. The predicted molar refractivity (Wildman–Crippen MR) is 123 cm³/mol. The van der Waals surface area contributed by atoms with E-state index in [1.54, 1.807) is 11.2 Å². The number of aromatic nitrogens is 1. The Morgan fingerprint density at radius 3 is 2.45 bits per heavy atom. The monoisotopic (exact) mass is 427 g/mol. The minimum atomic E-state index is -0.133. The minimum Gasteiger partial charge on any atom is -0.430 e. The molecule has 0 bridgehead atoms. The lowest BCUT2D eigenvalue weighted by Crippen LogP contribution is -2.37. The van der Waals surface area contributed by atoms with Crippen LogP contribution in [0.15, 0.2) is 9.41 Å². The molecule has 3 heterocycles. The maximum absolute atomic E-state index is 13.3. The minimum absolute atomic E-state index is 0.133. The van der Waals surface area contributed by atoms with Crippen LogP contribution >= 0.6 is 0 Å². The Morgan fingerprint density at radius 1 is 1.13 bits per heavy atom. The van der Waals surface area contributed by atoms with Crippen LogP contribution in [0.2, 0.25) is 0 Å². The molecule has 1 aliphatic heterocycles. The normalized spacial score (nSPS) is 16.7. The van der Waals surface area contributed by atoms with Gasteiger partial charge in [-0.2, -0.15) is 4.98 Å². The van der Waals surface area contributed by atoms with Crippen LogP contribution in [0.5, 0.6) is 0 Å². The van der Waals surface area contributed by atoms with E-state index in [9.17, 15) is 4.79 Å². The Balaban J connectivity index is 1.94. The van der Waals surface area contributed by atoms with Crippen LogP contribution < -0.4 is 4.90 Å². The third kappa shape index (κ3) is 4.13. The van der Waals surface area contributed by atoms with Gasteiger partial charge in [-0.3, -0.25) is 4.79 Å². The maximum Gasteiger partial charge on any atom is 0.291 e. The van der Waals surface area contributed by atoms with Gasteiger partial charge in [0.2, 0.25) is 11.5 Å². The first-order chi connectivity index (χ1) is 15.0. The highest BCUT2D eigenvalue weighted by Gasteiger charge is 2.31. The Labute approximate surface area is 183 Å². The van der Waals surface area contributed by atoms with Crippen LogP contribution in [0.25, 0.3) is 11.1 Å². The number of amides is 1. The Hall–Kier alpha value is -2.61. The second kappa shape index (κ2) is 9.26. The fraction of sp³-hybridized carbons (Fsp3) is 0.609. The highest BCUT2D eigenvalue weighted by Crippen LogP contribution is 2.42. The van der Waals surface area contributed by atoms with Gasteiger partial charge in [-0.05, 0) is 50.7 Å². The van der Waals surface area contributed by atoms with Gasteiger partial charge < -0.3 is 23.9 Å². The first kappa shape index (κ1) is 21.6. The number of morpholine rings is 1. The average Bonchev–Trinajstić information content (AvgIpc) is 3.17. The van der Waals surface area contributed by atoms with Crippen molar-refractivity contribution in [3.8, 4) is 0 Å². The summed E-state index contributed by atoms with van der Waals surface area (Å²) in [6.07, 6.45) is 5.95. The number of hydrogen-bond donors (Lipinski definition) is 0. The van der Waals surface area contributed by atoms with Crippen LogP contribution in [-0.2, 0) is 17.6 Å². The highest BCUT2D eigenvalue weighted by atomic mass is 16.5. The lowest BCUT2D eigenvalue weighted by atomic mass is 9.89. The quantitative estimate of drug-likeness (QED) is 0.520. The molecular formula is C23H33N5O3. The number of rotatable bonds is 6. The van der Waals surface area contributed by atoms with Gasteiger partial charge in [-0.1, -0.05) is 0 Å². The molecule has 2 aromatic rings. The smallest absolute Gasteiger partial charge is 0.291 e. The Morgan fingerprint density at radius 2 is 1.81 bits per heavy atom. The standard InChI is InChI=1S/C23H33N5O3/c1-5-27(6-2)23(29)20-19(24-15-26(3)4)18-16-9-7-8-10-17(16)21(25-22(18)31-20)28-11-13-30-14-12-28/h15H,5-14H2,1-4H3. The molecule has 4 rings (SSSR count). The molecule has 0 radical (unpaired) electrons. The summed E-state index contributed by atoms with van der Waals surface area (Å²) in [4.78, 5) is 28.9. The summed E-state index contributed by atoms with van der Waals surface area (Å²) in [6.45, 7) is 8.24. The summed E-state index contributed by atoms with van der Waals surface area (Å²) in [5, 5.41) is 0.903. The van der Waals surface area contributed by atoms with Crippen molar-refractivity contribution in [3.63, 3.8) is 0 Å². The molecule has 0 spiro atoms. The lowest BCUT2D eigenvalue weighted by molar-refractivity contribution is 0.0744. The van der Waals surface area contributed by atoms with E-state index >= 15 is 0 Å². The summed E-state index contributed by atoms with van der Waals surface area (Å²) in [5.41, 5.74) is 3.65. The molecule has 8 nitrogen and oxygen atoms in total. The number of furan rings is 1. The lowest BCUT2D eigenvalue weighted by Gasteiger charge is -2.31. The highest BCUT2D eigenvalue weighted by molar-refractivity contribution is 6.07. The molecule has 2 aromatic heterocycles. The third-order valence-corrected chi connectivity index (χ3v) is 6.08. The van der Waals surface area contributed by atoms with E-state index in [0.717, 1.165) is 50.0 Å². The van der Waals surface area contributed by atoms with Crippen molar-refractivity contribution in [3.05, 3.63) is 16.9 Å². The van der Waals surface area contributed by atoms with E-state index < -0.39 is 0 Å². The zero-order valence-electron chi connectivity index (χ0n) is 19.1. The van der Waals surface area contributed by atoms with Gasteiger partial charge in [0.1, 0.15) is 11.5 Å². The topological polar surface area (TPSA) is 74.4 Å². The Kier molecular flexibility index (Phi) is 6.46. The number of carbonyl (C=O) groups excluding carboxylic acids is 1. The molecule has 1 aliphatic carbocycles. The number of pyridine rings is 1. The van der Waals surface area contributed by atoms with Crippen molar-refractivity contribution in [1.82, 2.24) is 14.8 Å². The van der Waals surface area contributed by atoms with Crippen molar-refractivity contribution in [2.24, 2.45) is 4.99 Å². The molecule has 0 atom stereocenters. The van der Waals surface area contributed by atoms with Gasteiger partial charge in [0, 0.05) is 40.3 Å². The molecule has 0 aromatic carbocycles. The number of fused-ring (bicyclic) bond motifs is 3. The number of nitrogens with zero attached hydrogens (tertiary/aromatic N) is 5. The first-order valence-corrected chi connectivity index (χ1v) is 11.4. The van der Waals surface area contributed by atoms with Crippen LogP contribution in [0, 0.1) is 0 Å². The molecule has 1 fully saturated rings. The van der Waals surface area contributed by atoms with E-state index in [0.29, 0.717) is 37.7 Å². The predicted octanol–water partition coefficient (Wildman–Crippen LogP) is 3.25. The molecule has 0 saturated carbocycles. The van der Waals surface area contributed by atoms with Crippen LogP contribution in [0.1, 0.15) is 48.4 Å². The molecule has 0 unspecified atom stereocenters. The fourth-order valence-corrected chi connectivity index (χ4v) is 4.49. The summed E-state index contributed by atoms with van der Waals surface area (Å²) in [6, 6.07) is 0. The first-order valence-electron chi connectivity index (χ1n) is 11.4. The molecule has 168 valence electrons. The molecule has 0 N–H and O–H groups in total. The van der Waals surface area contributed by atoms with Crippen molar-refractivity contribution < 1.29 is 13.9 Å². The molecule has 31 heavy (non-hydrogen) atoms. The van der Waals surface area contributed by atoms with Gasteiger partial charge in [-0.15, -0.1) is 0 Å². The van der Waals surface area contributed by atoms with Crippen molar-refractivity contribution >= 4 is 34.9 Å². The summed E-state index contributed by atoms with van der Waals surface area (Å²) >= 11 is 0. The number of carbonyl (C=O) groups is 1. The molecule has 1 amide bonds. The van der Waals surface area contributed by atoms with Gasteiger partial charge in [-0.25, -0.2) is 4.99 Å². The van der Waals surface area contributed by atoms with Gasteiger partial charge >= 0.3 is 0 Å². The second-order valence-electron chi connectivity index (χ2n) is 8.34. The van der Waals surface area contributed by atoms with Crippen LogP contribution in [0.4, 0.5) is 11.5 Å². The number of hydrogen-bond acceptors (Lipinski definition) is 6. The van der Waals surface area contributed by atoms with E-state index in [1.807, 2.05) is 32.8 Å². The van der Waals surface area contributed by atoms with Gasteiger partial charge in [0.05, 0.1) is 24.9 Å². The summed E-state index contributed by atoms with van der Waals surface area (Å²) in [7, 11) is 3.84. The van der Waals surface area contributed by atoms with E-state index in [1.165, 1.54) is 11.1 Å². The average molecular weight is 428 g/mol. The number of aliphatic imine (C=N–C) groups is 1. The zero-order chi connectivity index (χ0) is 22.0. The maximum atomic E-state index is 13.3. The van der Waals surface area contributed by atoms with Crippen LogP contribution in [0.3, 0.4) is 0 Å². The fourth-order valence-electron chi connectivity index (χ4n) is 4.49. The number of ether oxygens (including phenoxy) is 1. The number of anilines is 1. The van der Waals surface area contributed by atoms with E-state index in [2.05, 4.69) is 4.90 Å². The van der Waals surface area contributed by atoms with E-state index in [4.69, 9.17) is 19.1 Å².